The Bertz CT molecular complexity index is 1170. The molecule has 0 aliphatic carbocycles. The number of methoxy groups -OCH3 is 1. The molecule has 0 atom stereocenters. The maximum Gasteiger partial charge on any atom is 0.282 e. The predicted molar refractivity (Wildman–Crippen MR) is 114 cm³/mol. The number of nitrogens with zero attached hydrogens (tertiary/aromatic N) is 3. The number of hydrogen-bond acceptors (Lipinski definition) is 4. The number of pyridine rings is 1. The zero-order valence-corrected chi connectivity index (χ0v) is 16.6. The number of benzene rings is 2. The lowest BCUT2D eigenvalue weighted by Crippen LogP contribution is -2.28. The number of carbonyl (C=O) groups excluding carboxylic acids is 1. The van der Waals surface area contributed by atoms with Gasteiger partial charge in [0.05, 0.1) is 23.4 Å². The standard InChI is InChI=1S/C23H22N4O3/c1-30-13-12-24-22(28)19-15-26(14-17-8-4-2-5-9-17)16-20-21(19)25-27(23(20)29)18-10-6-3-7-11-18/h2-11,15-16H,12-14H2,1H3,(H,24,28). The van der Waals surface area contributed by atoms with Crippen molar-refractivity contribution < 1.29 is 9.53 Å². The highest BCUT2D eigenvalue weighted by Crippen LogP contribution is 2.23. The van der Waals surface area contributed by atoms with Gasteiger partial charge < -0.3 is 14.6 Å². The Morgan fingerprint density at radius 3 is 2.43 bits per heavy atom. The van der Waals surface area contributed by atoms with Gasteiger partial charge in [-0.1, -0.05) is 48.5 Å². The van der Waals surface area contributed by atoms with Crippen molar-refractivity contribution in [1.82, 2.24) is 19.7 Å². The van der Waals surface area contributed by atoms with E-state index in [-0.39, 0.29) is 11.5 Å². The molecular formula is C23H22N4O3. The first kappa shape index (κ1) is 19.6. The predicted octanol–water partition coefficient (Wildman–Crippen LogP) is 2.56. The van der Waals surface area contributed by atoms with Crippen LogP contribution < -0.4 is 10.9 Å². The molecule has 0 saturated carbocycles. The third-order valence-corrected chi connectivity index (χ3v) is 4.77. The van der Waals surface area contributed by atoms with Crippen molar-refractivity contribution >= 4 is 5.91 Å². The number of amides is 1. The van der Waals surface area contributed by atoms with Gasteiger partial charge in [-0.3, -0.25) is 9.59 Å². The second-order valence-electron chi connectivity index (χ2n) is 6.89. The molecule has 0 radical (unpaired) electrons. The number of fused-ring (bicyclic) bond motifs is 1. The van der Waals surface area contributed by atoms with E-state index < -0.39 is 0 Å². The molecule has 2 heterocycles. The van der Waals surface area contributed by atoms with Crippen molar-refractivity contribution in [3.8, 4) is 16.9 Å². The van der Waals surface area contributed by atoms with Gasteiger partial charge in [0.25, 0.3) is 11.5 Å². The summed E-state index contributed by atoms with van der Waals surface area (Å²) >= 11 is 0. The second-order valence-corrected chi connectivity index (χ2v) is 6.89. The van der Waals surface area contributed by atoms with Gasteiger partial charge in [-0.15, -0.1) is 0 Å². The lowest BCUT2D eigenvalue weighted by Gasteiger charge is -2.13. The number of rotatable bonds is 7. The van der Waals surface area contributed by atoms with Gasteiger partial charge in [0, 0.05) is 32.6 Å². The molecule has 0 spiro atoms. The average molecular weight is 402 g/mol. The summed E-state index contributed by atoms with van der Waals surface area (Å²) in [6.07, 6.45) is 3.49. The first-order valence-corrected chi connectivity index (χ1v) is 9.66. The summed E-state index contributed by atoms with van der Waals surface area (Å²) in [6.45, 7) is 1.30. The first-order valence-electron chi connectivity index (χ1n) is 9.66. The second kappa shape index (κ2) is 8.75. The van der Waals surface area contributed by atoms with Crippen LogP contribution in [0.2, 0.25) is 0 Å². The number of para-hydroxylation sites is 1. The van der Waals surface area contributed by atoms with E-state index in [0.29, 0.717) is 42.2 Å². The first-order chi connectivity index (χ1) is 14.7. The molecule has 4 rings (SSSR count). The minimum atomic E-state index is -0.294. The van der Waals surface area contributed by atoms with Gasteiger partial charge >= 0.3 is 0 Å². The van der Waals surface area contributed by atoms with E-state index in [1.165, 1.54) is 4.68 Å². The van der Waals surface area contributed by atoms with E-state index in [2.05, 4.69) is 10.4 Å². The number of carbonyl (C=O) groups is 1. The molecule has 7 nitrogen and oxygen atoms in total. The van der Waals surface area contributed by atoms with Crippen LogP contribution in [-0.4, -0.2) is 40.5 Å². The highest BCUT2D eigenvalue weighted by atomic mass is 16.5. The average Bonchev–Trinajstić information content (AvgIpc) is 3.11. The van der Waals surface area contributed by atoms with E-state index in [1.54, 1.807) is 19.5 Å². The van der Waals surface area contributed by atoms with Crippen LogP contribution in [-0.2, 0) is 11.3 Å². The minimum absolute atomic E-state index is 0.260. The van der Waals surface area contributed by atoms with Crippen LogP contribution in [0.5, 0.6) is 0 Å². The van der Waals surface area contributed by atoms with Crippen LogP contribution in [0.3, 0.4) is 0 Å². The summed E-state index contributed by atoms with van der Waals surface area (Å²) in [5.41, 5.74) is 2.59. The Labute approximate surface area is 173 Å². The van der Waals surface area contributed by atoms with E-state index >= 15 is 0 Å². The summed E-state index contributed by atoms with van der Waals surface area (Å²) in [4.78, 5) is 26.0. The fourth-order valence-electron chi connectivity index (χ4n) is 3.32. The van der Waals surface area contributed by atoms with Crippen molar-refractivity contribution in [2.45, 2.75) is 6.54 Å². The Kier molecular flexibility index (Phi) is 5.72. The molecule has 2 aromatic rings. The van der Waals surface area contributed by atoms with Gasteiger partial charge in [-0.25, -0.2) is 0 Å². The molecule has 0 unspecified atom stereocenters. The SMILES string of the molecule is COCCNC(=O)c1cn(Cc2ccccc2)cc2c(=O)n(-c3ccccc3)nc1-2. The van der Waals surface area contributed by atoms with Crippen LogP contribution in [0, 0.1) is 0 Å². The fraction of sp³-hybridized carbons (Fsp3) is 0.174. The third-order valence-electron chi connectivity index (χ3n) is 4.77. The molecule has 0 saturated heterocycles. The number of ether oxygens (including phenoxy) is 1. The molecule has 0 bridgehead atoms. The van der Waals surface area contributed by atoms with E-state index in [4.69, 9.17) is 4.74 Å². The summed E-state index contributed by atoms with van der Waals surface area (Å²) in [7, 11) is 1.58. The Morgan fingerprint density at radius 2 is 1.73 bits per heavy atom. The van der Waals surface area contributed by atoms with Crippen LogP contribution in [0.25, 0.3) is 16.9 Å². The summed E-state index contributed by atoms with van der Waals surface area (Å²) in [5.74, 6) is -0.294. The van der Waals surface area contributed by atoms with Crippen molar-refractivity contribution in [2.24, 2.45) is 0 Å². The quantitative estimate of drug-likeness (QED) is 0.482. The highest BCUT2D eigenvalue weighted by Gasteiger charge is 2.24. The fourth-order valence-corrected chi connectivity index (χ4v) is 3.32. The summed E-state index contributed by atoms with van der Waals surface area (Å²) in [5, 5.41) is 7.30. The maximum absolute atomic E-state index is 13.1. The van der Waals surface area contributed by atoms with Gasteiger partial charge in [-0.2, -0.15) is 9.78 Å². The third kappa shape index (κ3) is 4.01. The Balaban J connectivity index is 1.81. The zero-order chi connectivity index (χ0) is 20.9. The van der Waals surface area contributed by atoms with Crippen molar-refractivity contribution in [1.29, 1.82) is 0 Å². The van der Waals surface area contributed by atoms with E-state index in [0.717, 1.165) is 5.56 Å². The van der Waals surface area contributed by atoms with Crippen LogP contribution in [0.4, 0.5) is 0 Å². The molecule has 30 heavy (non-hydrogen) atoms. The molecule has 1 N–H and O–H groups in total. The van der Waals surface area contributed by atoms with E-state index in [1.807, 2.05) is 65.2 Å². The van der Waals surface area contributed by atoms with Crippen LogP contribution >= 0.6 is 0 Å². The molecule has 152 valence electrons. The Hall–Kier alpha value is -3.71. The molecular weight excluding hydrogens is 380 g/mol. The minimum Gasteiger partial charge on any atom is -0.383 e. The molecule has 2 aliphatic rings. The Morgan fingerprint density at radius 1 is 1.03 bits per heavy atom. The lowest BCUT2D eigenvalue weighted by atomic mass is 10.1. The molecule has 0 fully saturated rings. The van der Waals surface area contributed by atoms with Crippen LogP contribution in [0.15, 0.2) is 77.9 Å². The van der Waals surface area contributed by atoms with Crippen molar-refractivity contribution in [3.63, 3.8) is 0 Å². The van der Waals surface area contributed by atoms with Gasteiger partial charge in [-0.05, 0) is 17.7 Å². The molecule has 2 aliphatic heterocycles. The normalized spacial score (nSPS) is 11.0. The smallest absolute Gasteiger partial charge is 0.282 e. The van der Waals surface area contributed by atoms with Crippen LogP contribution in [0.1, 0.15) is 15.9 Å². The number of nitrogens with one attached hydrogen (secondary N) is 1. The molecule has 0 aromatic heterocycles. The maximum atomic E-state index is 13.1. The zero-order valence-electron chi connectivity index (χ0n) is 16.6. The molecule has 1 amide bonds. The van der Waals surface area contributed by atoms with Gasteiger partial charge in [0.1, 0.15) is 5.69 Å². The number of hydrogen-bond donors (Lipinski definition) is 1. The summed E-state index contributed by atoms with van der Waals surface area (Å²) < 4.78 is 8.20. The van der Waals surface area contributed by atoms with Crippen molar-refractivity contribution in [3.05, 3.63) is 94.5 Å². The highest BCUT2D eigenvalue weighted by molar-refractivity contribution is 5.99. The van der Waals surface area contributed by atoms with Crippen molar-refractivity contribution in [2.75, 3.05) is 20.3 Å². The lowest BCUT2D eigenvalue weighted by molar-refractivity contribution is 0.0936. The van der Waals surface area contributed by atoms with E-state index in [9.17, 15) is 9.59 Å². The molecule has 7 heteroatoms. The topological polar surface area (TPSA) is 78.1 Å². The monoisotopic (exact) mass is 402 g/mol. The van der Waals surface area contributed by atoms with Gasteiger partial charge in [0.2, 0.25) is 0 Å². The summed E-state index contributed by atoms with van der Waals surface area (Å²) in [6, 6.07) is 19.0. The molecule has 2 aromatic carbocycles. The van der Waals surface area contributed by atoms with Gasteiger partial charge in [0.15, 0.2) is 0 Å². The number of aromatic nitrogens is 3. The largest absolute Gasteiger partial charge is 0.383 e.